The zero-order valence-corrected chi connectivity index (χ0v) is 10.4. The van der Waals surface area contributed by atoms with Gasteiger partial charge in [-0.2, -0.15) is 0 Å². The Morgan fingerprint density at radius 3 is 2.67 bits per heavy atom. The van der Waals surface area contributed by atoms with Gasteiger partial charge in [0.1, 0.15) is 5.56 Å². The van der Waals surface area contributed by atoms with E-state index in [1.165, 1.54) is 18.1 Å². The van der Waals surface area contributed by atoms with E-state index in [9.17, 15) is 14.4 Å². The lowest BCUT2D eigenvalue weighted by molar-refractivity contribution is -0.121. The van der Waals surface area contributed by atoms with Crippen LogP contribution in [-0.4, -0.2) is 31.3 Å². The molecule has 1 amide bonds. The van der Waals surface area contributed by atoms with E-state index in [-0.39, 0.29) is 35.2 Å². The molecule has 0 aromatic heterocycles. The van der Waals surface area contributed by atoms with Gasteiger partial charge in [-0.3, -0.25) is 9.59 Å². The third-order valence-electron chi connectivity index (χ3n) is 2.66. The van der Waals surface area contributed by atoms with E-state index >= 15 is 0 Å². The average Bonchev–Trinajstić information content (AvgIpc) is 2.67. The first-order valence-electron chi connectivity index (χ1n) is 5.23. The van der Waals surface area contributed by atoms with Crippen molar-refractivity contribution in [3.8, 4) is 0 Å². The number of nitrogens with zero attached hydrogens (tertiary/aromatic N) is 1. The summed E-state index contributed by atoms with van der Waals surface area (Å²) in [5.41, 5.74) is 0.412. The highest BCUT2D eigenvalue weighted by atomic mass is 35.5. The van der Waals surface area contributed by atoms with Crippen LogP contribution in [0.3, 0.4) is 0 Å². The largest absolute Gasteiger partial charge is 0.465 e. The van der Waals surface area contributed by atoms with Crippen LogP contribution in [0.1, 0.15) is 16.8 Å². The quantitative estimate of drug-likeness (QED) is 0.601. The van der Waals surface area contributed by atoms with E-state index in [4.69, 9.17) is 11.6 Å². The van der Waals surface area contributed by atoms with Gasteiger partial charge in [0.2, 0.25) is 5.91 Å². The van der Waals surface area contributed by atoms with Gasteiger partial charge in [-0.25, -0.2) is 4.79 Å². The number of rotatable bonds is 2. The molecule has 0 bridgehead atoms. The number of hydrogen-bond acceptors (Lipinski definition) is 4. The fourth-order valence-electron chi connectivity index (χ4n) is 1.85. The Morgan fingerprint density at radius 1 is 1.39 bits per heavy atom. The molecule has 2 rings (SSSR count). The molecule has 1 aliphatic heterocycles. The summed E-state index contributed by atoms with van der Waals surface area (Å²) < 4.78 is 4.63. The van der Waals surface area contributed by atoms with Crippen LogP contribution in [-0.2, 0) is 14.3 Å². The molecule has 94 valence electrons. The molecule has 1 heterocycles. The molecule has 1 aromatic carbocycles. The number of methoxy groups -OCH3 is 1. The molecule has 0 radical (unpaired) electrons. The van der Waals surface area contributed by atoms with Gasteiger partial charge in [-0.15, -0.1) is 0 Å². The minimum absolute atomic E-state index is 0.0385. The van der Waals surface area contributed by atoms with Gasteiger partial charge in [0.15, 0.2) is 5.78 Å². The van der Waals surface area contributed by atoms with Crippen molar-refractivity contribution >= 4 is 34.9 Å². The molecule has 0 aliphatic carbocycles. The fourth-order valence-corrected chi connectivity index (χ4v) is 2.09. The molecule has 6 heteroatoms. The summed E-state index contributed by atoms with van der Waals surface area (Å²) >= 11 is 5.94. The summed E-state index contributed by atoms with van der Waals surface area (Å²) in [6.07, 6.45) is -0.146. The van der Waals surface area contributed by atoms with Crippen molar-refractivity contribution in [2.24, 2.45) is 0 Å². The second kappa shape index (κ2) is 4.78. The van der Waals surface area contributed by atoms with Crippen LogP contribution in [0.25, 0.3) is 0 Å². The van der Waals surface area contributed by atoms with Crippen LogP contribution in [0.2, 0.25) is 5.02 Å². The van der Waals surface area contributed by atoms with E-state index in [0.29, 0.717) is 5.69 Å². The van der Waals surface area contributed by atoms with Crippen molar-refractivity contribution in [3.63, 3.8) is 0 Å². The lowest BCUT2D eigenvalue weighted by atomic mass is 10.1. The molecular weight excluding hydrogens is 258 g/mol. The number of carbonyl (C=O) groups is 3. The van der Waals surface area contributed by atoms with E-state index in [1.807, 2.05) is 0 Å². The summed E-state index contributed by atoms with van der Waals surface area (Å²) in [6, 6.07) is 4.70. The molecule has 0 unspecified atom stereocenters. The van der Waals surface area contributed by atoms with E-state index in [0.717, 1.165) is 0 Å². The van der Waals surface area contributed by atoms with Crippen molar-refractivity contribution in [2.75, 3.05) is 18.6 Å². The van der Waals surface area contributed by atoms with Crippen LogP contribution in [0.15, 0.2) is 18.2 Å². The number of hydrogen-bond donors (Lipinski definition) is 0. The summed E-state index contributed by atoms with van der Waals surface area (Å²) in [6.45, 7) is -0.0385. The third kappa shape index (κ3) is 2.09. The zero-order valence-electron chi connectivity index (χ0n) is 9.60. The molecule has 0 spiro atoms. The first-order chi connectivity index (χ1) is 8.54. The standard InChI is InChI=1S/C12H10ClNO4/c1-18-12(17)11-8(13)3-2-4-9(11)14-6-7(15)5-10(14)16/h2-4H,5-6H2,1H3. The number of benzene rings is 1. The number of carbonyl (C=O) groups excluding carboxylic acids is 3. The first-order valence-corrected chi connectivity index (χ1v) is 5.61. The maximum absolute atomic E-state index is 11.7. The van der Waals surface area contributed by atoms with Crippen LogP contribution < -0.4 is 4.90 Å². The van der Waals surface area contributed by atoms with E-state index in [1.54, 1.807) is 12.1 Å². The average molecular weight is 268 g/mol. The Morgan fingerprint density at radius 2 is 2.11 bits per heavy atom. The Kier molecular flexibility index (Phi) is 3.34. The third-order valence-corrected chi connectivity index (χ3v) is 2.97. The maximum atomic E-state index is 11.7. The highest BCUT2D eigenvalue weighted by Gasteiger charge is 2.32. The maximum Gasteiger partial charge on any atom is 0.341 e. The molecule has 1 saturated heterocycles. The fraction of sp³-hybridized carbons (Fsp3) is 0.250. The Bertz CT molecular complexity index is 541. The Balaban J connectivity index is 2.51. The molecule has 1 aromatic rings. The second-order valence-electron chi connectivity index (χ2n) is 3.82. The lowest BCUT2D eigenvalue weighted by Crippen LogP contribution is -2.26. The highest BCUT2D eigenvalue weighted by molar-refractivity contribution is 6.34. The molecule has 1 fully saturated rings. The number of halogens is 1. The molecular formula is C12H10ClNO4. The van der Waals surface area contributed by atoms with Crippen molar-refractivity contribution in [1.29, 1.82) is 0 Å². The predicted octanol–water partition coefficient (Wildman–Crippen LogP) is 1.43. The number of anilines is 1. The molecule has 5 nitrogen and oxygen atoms in total. The summed E-state index contributed by atoms with van der Waals surface area (Å²) in [7, 11) is 1.23. The predicted molar refractivity (Wildman–Crippen MR) is 64.8 cm³/mol. The van der Waals surface area contributed by atoms with Crippen LogP contribution in [0, 0.1) is 0 Å². The molecule has 18 heavy (non-hydrogen) atoms. The van der Waals surface area contributed by atoms with E-state index in [2.05, 4.69) is 4.74 Å². The summed E-state index contributed by atoms with van der Waals surface area (Å²) in [5.74, 6) is -1.16. The first kappa shape index (κ1) is 12.6. The van der Waals surface area contributed by atoms with Gasteiger partial charge in [0.05, 0.1) is 30.8 Å². The second-order valence-corrected chi connectivity index (χ2v) is 4.23. The number of esters is 1. The normalized spacial score (nSPS) is 15.1. The SMILES string of the molecule is COC(=O)c1c(Cl)cccc1N1CC(=O)CC1=O. The topological polar surface area (TPSA) is 63.7 Å². The summed E-state index contributed by atoms with van der Waals surface area (Å²) in [4.78, 5) is 35.9. The van der Waals surface area contributed by atoms with Crippen LogP contribution >= 0.6 is 11.6 Å². The van der Waals surface area contributed by atoms with Gasteiger partial charge < -0.3 is 9.64 Å². The minimum Gasteiger partial charge on any atom is -0.465 e. The lowest BCUT2D eigenvalue weighted by Gasteiger charge is -2.18. The van der Waals surface area contributed by atoms with E-state index < -0.39 is 5.97 Å². The highest BCUT2D eigenvalue weighted by Crippen LogP contribution is 2.30. The zero-order chi connectivity index (χ0) is 13.3. The van der Waals surface area contributed by atoms with Crippen LogP contribution in [0.4, 0.5) is 5.69 Å². The van der Waals surface area contributed by atoms with Crippen molar-refractivity contribution in [2.45, 2.75) is 6.42 Å². The monoisotopic (exact) mass is 267 g/mol. The Hall–Kier alpha value is -1.88. The molecule has 0 atom stereocenters. The Labute approximate surface area is 108 Å². The number of ether oxygens (including phenoxy) is 1. The van der Waals surface area contributed by atoms with Gasteiger partial charge in [0.25, 0.3) is 0 Å². The number of Topliss-reactive ketones (excluding diaryl/α,β-unsaturated/α-hetero) is 1. The molecule has 0 N–H and O–H groups in total. The van der Waals surface area contributed by atoms with Gasteiger partial charge in [0, 0.05) is 0 Å². The van der Waals surface area contributed by atoms with Crippen molar-refractivity contribution in [3.05, 3.63) is 28.8 Å². The number of ketones is 1. The van der Waals surface area contributed by atoms with Crippen molar-refractivity contribution < 1.29 is 19.1 Å². The van der Waals surface area contributed by atoms with Gasteiger partial charge >= 0.3 is 5.97 Å². The van der Waals surface area contributed by atoms with Gasteiger partial charge in [-0.05, 0) is 12.1 Å². The smallest absolute Gasteiger partial charge is 0.341 e. The van der Waals surface area contributed by atoms with Crippen molar-refractivity contribution in [1.82, 2.24) is 0 Å². The number of amides is 1. The summed E-state index contributed by atoms with van der Waals surface area (Å²) in [5, 5.41) is 0.187. The van der Waals surface area contributed by atoms with Gasteiger partial charge in [-0.1, -0.05) is 17.7 Å². The molecule has 0 saturated carbocycles. The van der Waals surface area contributed by atoms with Crippen LogP contribution in [0.5, 0.6) is 0 Å². The molecule has 1 aliphatic rings. The minimum atomic E-state index is -0.636.